The Morgan fingerprint density at radius 2 is 1.94 bits per heavy atom. The van der Waals surface area contributed by atoms with Crippen LogP contribution in [0.3, 0.4) is 0 Å². The maximum atomic E-state index is 10.6. The van der Waals surface area contributed by atoms with Gasteiger partial charge in [-0.05, 0) is 5.92 Å². The second-order valence-corrected chi connectivity index (χ2v) is 5.52. The molecule has 0 spiro atoms. The summed E-state index contributed by atoms with van der Waals surface area (Å²) in [5.74, 6) is -0.570. The van der Waals surface area contributed by atoms with Crippen LogP contribution in [0.4, 0.5) is 0 Å². The molecule has 2 atom stereocenters. The maximum Gasteiger partial charge on any atom is 0.112 e. The van der Waals surface area contributed by atoms with Gasteiger partial charge in [0.2, 0.25) is 0 Å². The van der Waals surface area contributed by atoms with Crippen LogP contribution in [-0.2, 0) is 9.53 Å². The van der Waals surface area contributed by atoms with Crippen molar-refractivity contribution in [3.63, 3.8) is 0 Å². The fourth-order valence-electron chi connectivity index (χ4n) is 1.39. The average Bonchev–Trinajstić information content (AvgIpc) is 2.10. The zero-order valence-corrected chi connectivity index (χ0v) is 11.2. The number of quaternary nitrogens is 1. The molecule has 96 valence electrons. The molecule has 0 amide bonds. The molecule has 0 aromatic rings. The van der Waals surface area contributed by atoms with Crippen molar-refractivity contribution >= 4 is 5.97 Å². The number of likely N-dealkylation sites (N-methyl/N-ethyl adjacent to an activating group) is 1. The van der Waals surface area contributed by atoms with Crippen LogP contribution in [-0.4, -0.2) is 50.9 Å². The molecule has 4 nitrogen and oxygen atoms in total. The van der Waals surface area contributed by atoms with Gasteiger partial charge in [0, 0.05) is 19.0 Å². The lowest BCUT2D eigenvalue weighted by molar-refractivity contribution is -0.873. The second kappa shape index (κ2) is 6.86. The van der Waals surface area contributed by atoms with Crippen molar-refractivity contribution in [1.29, 1.82) is 0 Å². The van der Waals surface area contributed by atoms with E-state index in [0.717, 1.165) is 6.42 Å². The molecule has 0 aromatic heterocycles. The van der Waals surface area contributed by atoms with Crippen LogP contribution in [0.25, 0.3) is 0 Å². The van der Waals surface area contributed by atoms with Gasteiger partial charge in [0.15, 0.2) is 0 Å². The van der Waals surface area contributed by atoms with Gasteiger partial charge in [0.05, 0.1) is 21.1 Å². The minimum absolute atomic E-state index is 0.0219. The third kappa shape index (κ3) is 8.68. The Hall–Kier alpha value is -0.610. The largest absolute Gasteiger partial charge is 0.550 e. The van der Waals surface area contributed by atoms with Gasteiger partial charge in [-0.2, -0.15) is 0 Å². The molecule has 4 heteroatoms. The third-order valence-corrected chi connectivity index (χ3v) is 2.46. The number of nitrogens with zero attached hydrogens (tertiary/aromatic N) is 1. The number of carbonyl (C=O) groups excluding carboxylic acids is 1. The molecular formula is C12H25NO3. The van der Waals surface area contributed by atoms with Gasteiger partial charge in [-0.3, -0.25) is 0 Å². The van der Waals surface area contributed by atoms with Gasteiger partial charge < -0.3 is 19.1 Å². The maximum absolute atomic E-state index is 10.6. The normalized spacial score (nSPS) is 15.8. The first-order valence-electron chi connectivity index (χ1n) is 5.86. The van der Waals surface area contributed by atoms with Gasteiger partial charge >= 0.3 is 0 Å². The predicted molar refractivity (Wildman–Crippen MR) is 61.7 cm³/mol. The van der Waals surface area contributed by atoms with Crippen LogP contribution >= 0.6 is 0 Å². The van der Waals surface area contributed by atoms with Crippen LogP contribution in [0.2, 0.25) is 0 Å². The predicted octanol–water partition coefficient (Wildman–Crippen LogP) is 0.264. The summed E-state index contributed by atoms with van der Waals surface area (Å²) in [6.07, 6.45) is 0.771. The molecule has 0 aliphatic heterocycles. The summed E-state index contributed by atoms with van der Waals surface area (Å²) in [5.41, 5.74) is 0. The fraction of sp³-hybridized carbons (Fsp3) is 0.917. The van der Waals surface area contributed by atoms with Crippen molar-refractivity contribution in [3.05, 3.63) is 0 Å². The highest BCUT2D eigenvalue weighted by atomic mass is 16.5. The molecule has 16 heavy (non-hydrogen) atoms. The summed E-state index contributed by atoms with van der Waals surface area (Å²) >= 11 is 0. The molecule has 0 bridgehead atoms. The molecule has 0 aliphatic rings. The quantitative estimate of drug-likeness (QED) is 0.563. The topological polar surface area (TPSA) is 49.4 Å². The Balaban J connectivity index is 4.15. The summed E-state index contributed by atoms with van der Waals surface area (Å²) in [7, 11) is 6.07. The van der Waals surface area contributed by atoms with Crippen LogP contribution in [0, 0.1) is 5.92 Å². The highest BCUT2D eigenvalue weighted by Crippen LogP contribution is 2.08. The summed E-state index contributed by atoms with van der Waals surface area (Å²) in [6.45, 7) is 5.50. The molecule has 0 aromatic carbocycles. The summed E-state index contributed by atoms with van der Waals surface area (Å²) in [4.78, 5) is 10.6. The SMILES string of the molecule is CCC(C)COC(CC(=O)[O-])C[N+](C)(C)C. The third-order valence-electron chi connectivity index (χ3n) is 2.46. The molecule has 0 fully saturated rings. The smallest absolute Gasteiger partial charge is 0.112 e. The van der Waals surface area contributed by atoms with Gasteiger partial charge in [0.1, 0.15) is 12.6 Å². The van der Waals surface area contributed by atoms with E-state index in [1.165, 1.54) is 0 Å². The first kappa shape index (κ1) is 15.4. The van der Waals surface area contributed by atoms with E-state index >= 15 is 0 Å². The van der Waals surface area contributed by atoms with Gasteiger partial charge in [-0.1, -0.05) is 20.3 Å². The molecule has 0 rings (SSSR count). The average molecular weight is 231 g/mol. The number of carboxylic acid groups (broad SMARTS) is 1. The summed E-state index contributed by atoms with van der Waals surface area (Å²) in [5, 5.41) is 10.6. The number of hydrogen-bond donors (Lipinski definition) is 0. The van der Waals surface area contributed by atoms with E-state index in [1.807, 2.05) is 21.1 Å². The highest BCUT2D eigenvalue weighted by Gasteiger charge is 2.19. The summed E-state index contributed by atoms with van der Waals surface area (Å²) < 4.78 is 6.34. The first-order chi connectivity index (χ1) is 7.24. The lowest BCUT2D eigenvalue weighted by Crippen LogP contribution is -2.44. The van der Waals surface area contributed by atoms with Gasteiger partial charge in [0.25, 0.3) is 0 Å². The van der Waals surface area contributed by atoms with Gasteiger partial charge in [-0.25, -0.2) is 0 Å². The lowest BCUT2D eigenvalue weighted by atomic mass is 10.1. The Labute approximate surface area is 98.8 Å². The van der Waals surface area contributed by atoms with Crippen molar-refractivity contribution in [3.8, 4) is 0 Å². The van der Waals surface area contributed by atoms with Crippen LogP contribution < -0.4 is 5.11 Å². The van der Waals surface area contributed by atoms with Crippen LogP contribution in [0.15, 0.2) is 0 Å². The number of aliphatic carboxylic acids is 1. The standard InChI is InChI=1S/C12H25NO3/c1-6-10(2)9-16-11(7-12(14)15)8-13(3,4)5/h10-11H,6-9H2,1-5H3. The number of ether oxygens (including phenoxy) is 1. The molecule has 0 radical (unpaired) electrons. The van der Waals surface area contributed by atoms with Gasteiger partial charge in [-0.15, -0.1) is 0 Å². The molecule has 0 saturated heterocycles. The zero-order chi connectivity index (χ0) is 12.8. The van der Waals surface area contributed by atoms with E-state index in [2.05, 4.69) is 13.8 Å². The lowest BCUT2D eigenvalue weighted by Gasteiger charge is -2.30. The van der Waals surface area contributed by atoms with E-state index in [4.69, 9.17) is 4.74 Å². The Bertz CT molecular complexity index is 211. The van der Waals surface area contributed by atoms with Crippen molar-refractivity contribution in [2.75, 3.05) is 34.3 Å². The van der Waals surface area contributed by atoms with Crippen molar-refractivity contribution in [2.45, 2.75) is 32.8 Å². The molecule has 0 aliphatic carbocycles. The highest BCUT2D eigenvalue weighted by molar-refractivity contribution is 5.64. The monoisotopic (exact) mass is 231 g/mol. The molecule has 0 saturated carbocycles. The van der Waals surface area contributed by atoms with E-state index < -0.39 is 5.97 Å². The Kier molecular flexibility index (Phi) is 6.60. The molecule has 2 unspecified atom stereocenters. The molecule has 0 heterocycles. The number of rotatable bonds is 8. The minimum Gasteiger partial charge on any atom is -0.550 e. The zero-order valence-electron chi connectivity index (χ0n) is 11.2. The molecule has 0 N–H and O–H groups in total. The number of carboxylic acids is 1. The second-order valence-electron chi connectivity index (χ2n) is 5.52. The van der Waals surface area contributed by atoms with E-state index in [1.54, 1.807) is 0 Å². The van der Waals surface area contributed by atoms with Crippen molar-refractivity contribution in [2.24, 2.45) is 5.92 Å². The van der Waals surface area contributed by atoms with Crippen molar-refractivity contribution in [1.82, 2.24) is 0 Å². The fourth-order valence-corrected chi connectivity index (χ4v) is 1.39. The summed E-state index contributed by atoms with van der Waals surface area (Å²) in [6, 6.07) is 0. The number of carbonyl (C=O) groups is 1. The first-order valence-corrected chi connectivity index (χ1v) is 5.86. The van der Waals surface area contributed by atoms with Crippen LogP contribution in [0.1, 0.15) is 26.7 Å². The Morgan fingerprint density at radius 1 is 1.38 bits per heavy atom. The Morgan fingerprint density at radius 3 is 2.31 bits per heavy atom. The van der Waals surface area contributed by atoms with Crippen LogP contribution in [0.5, 0.6) is 0 Å². The van der Waals surface area contributed by atoms with E-state index in [-0.39, 0.29) is 12.5 Å². The van der Waals surface area contributed by atoms with E-state index in [0.29, 0.717) is 23.6 Å². The number of hydrogen-bond acceptors (Lipinski definition) is 3. The van der Waals surface area contributed by atoms with Crippen molar-refractivity contribution < 1.29 is 19.1 Å². The minimum atomic E-state index is -1.04. The van der Waals surface area contributed by atoms with E-state index in [9.17, 15) is 9.90 Å². The molecular weight excluding hydrogens is 206 g/mol.